The first-order valence-corrected chi connectivity index (χ1v) is 8.42. The van der Waals surface area contributed by atoms with Gasteiger partial charge in [-0.1, -0.05) is 49.4 Å². The summed E-state index contributed by atoms with van der Waals surface area (Å²) in [5.41, 5.74) is 0.523. The largest absolute Gasteiger partial charge is 0.508 e. The van der Waals surface area contributed by atoms with E-state index in [1.165, 1.54) is 18.2 Å². The summed E-state index contributed by atoms with van der Waals surface area (Å²) >= 11 is 0. The summed E-state index contributed by atoms with van der Waals surface area (Å²) in [5.74, 6) is -0.135. The first kappa shape index (κ1) is 16.3. The quantitative estimate of drug-likeness (QED) is 0.804. The highest BCUT2D eigenvalue weighted by Crippen LogP contribution is 2.31. The molecular formula is C17H19NO3S. The van der Waals surface area contributed by atoms with Crippen molar-refractivity contribution in [3.8, 4) is 5.75 Å². The number of aromatic hydroxyl groups is 1. The first-order chi connectivity index (χ1) is 10.5. The minimum atomic E-state index is -3.69. The van der Waals surface area contributed by atoms with Crippen LogP contribution in [0, 0.1) is 5.92 Å². The summed E-state index contributed by atoms with van der Waals surface area (Å²) in [6, 6.07) is 14.2. The Morgan fingerprint density at radius 1 is 1.09 bits per heavy atom. The van der Waals surface area contributed by atoms with Gasteiger partial charge in [0.2, 0.25) is 10.0 Å². The summed E-state index contributed by atoms with van der Waals surface area (Å²) in [6.07, 6.45) is 1.66. The lowest BCUT2D eigenvalue weighted by Gasteiger charge is -2.24. The Hall–Kier alpha value is -2.11. The molecule has 2 atom stereocenters. The molecule has 0 heterocycles. The van der Waals surface area contributed by atoms with Gasteiger partial charge in [-0.15, -0.1) is 6.58 Å². The van der Waals surface area contributed by atoms with Crippen molar-refractivity contribution in [3.05, 3.63) is 72.8 Å². The Morgan fingerprint density at radius 2 is 1.68 bits per heavy atom. The fourth-order valence-corrected chi connectivity index (χ4v) is 3.50. The molecule has 2 unspecified atom stereocenters. The highest BCUT2D eigenvalue weighted by Gasteiger charge is 2.26. The lowest BCUT2D eigenvalue weighted by Crippen LogP contribution is -2.32. The maximum Gasteiger partial charge on any atom is 0.241 e. The van der Waals surface area contributed by atoms with E-state index in [4.69, 9.17) is 0 Å². The van der Waals surface area contributed by atoms with Crippen molar-refractivity contribution < 1.29 is 13.5 Å². The lowest BCUT2D eigenvalue weighted by atomic mass is 9.95. The summed E-state index contributed by atoms with van der Waals surface area (Å²) < 4.78 is 27.7. The van der Waals surface area contributed by atoms with E-state index in [2.05, 4.69) is 11.3 Å². The van der Waals surface area contributed by atoms with Gasteiger partial charge in [0.05, 0.1) is 10.9 Å². The van der Waals surface area contributed by atoms with Crippen LogP contribution in [0.5, 0.6) is 5.75 Å². The van der Waals surface area contributed by atoms with Crippen molar-refractivity contribution in [2.45, 2.75) is 17.9 Å². The van der Waals surface area contributed by atoms with Gasteiger partial charge in [0, 0.05) is 5.56 Å². The molecule has 0 spiro atoms. The third-order valence-corrected chi connectivity index (χ3v) is 4.96. The molecule has 0 aliphatic heterocycles. The second kappa shape index (κ2) is 6.77. The maximum atomic E-state index is 12.5. The van der Waals surface area contributed by atoms with Crippen molar-refractivity contribution >= 4 is 10.0 Å². The highest BCUT2D eigenvalue weighted by atomic mass is 32.2. The van der Waals surface area contributed by atoms with Crippen LogP contribution in [0.1, 0.15) is 18.5 Å². The van der Waals surface area contributed by atoms with Gasteiger partial charge in [0.1, 0.15) is 5.75 Å². The number of hydrogen-bond acceptors (Lipinski definition) is 3. The summed E-state index contributed by atoms with van der Waals surface area (Å²) in [4.78, 5) is 0.187. The van der Waals surface area contributed by atoms with E-state index in [0.717, 1.165) is 0 Å². The lowest BCUT2D eigenvalue weighted by molar-refractivity contribution is 0.437. The van der Waals surface area contributed by atoms with Gasteiger partial charge >= 0.3 is 0 Å². The molecule has 0 radical (unpaired) electrons. The van der Waals surface area contributed by atoms with Crippen LogP contribution in [0.3, 0.4) is 0 Å². The van der Waals surface area contributed by atoms with Gasteiger partial charge < -0.3 is 5.11 Å². The van der Waals surface area contributed by atoms with E-state index in [0.29, 0.717) is 5.56 Å². The molecule has 0 saturated heterocycles. The Kier molecular flexibility index (Phi) is 5.00. The van der Waals surface area contributed by atoms with Crippen LogP contribution in [0.15, 0.2) is 72.1 Å². The summed E-state index contributed by atoms with van der Waals surface area (Å²) in [5, 5.41) is 10.0. The van der Waals surface area contributed by atoms with E-state index >= 15 is 0 Å². The number of sulfonamides is 1. The fraction of sp³-hybridized carbons (Fsp3) is 0.176. The molecule has 0 aliphatic rings. The molecule has 0 bridgehead atoms. The van der Waals surface area contributed by atoms with Gasteiger partial charge in [-0.05, 0) is 24.1 Å². The van der Waals surface area contributed by atoms with Crippen molar-refractivity contribution in [3.63, 3.8) is 0 Å². The van der Waals surface area contributed by atoms with Crippen LogP contribution in [0.4, 0.5) is 0 Å². The Morgan fingerprint density at radius 3 is 2.27 bits per heavy atom. The van der Waals surface area contributed by atoms with Crippen LogP contribution in [0.25, 0.3) is 0 Å². The Bertz CT molecular complexity index is 742. The number of benzene rings is 2. The predicted molar refractivity (Wildman–Crippen MR) is 87.0 cm³/mol. The molecule has 22 heavy (non-hydrogen) atoms. The molecular weight excluding hydrogens is 298 g/mol. The van der Waals surface area contributed by atoms with Crippen LogP contribution in [0.2, 0.25) is 0 Å². The SMILES string of the molecule is C=CC(C)C(NS(=O)(=O)c1ccccc1)c1ccccc1O. The molecule has 4 nitrogen and oxygen atoms in total. The molecule has 0 aliphatic carbocycles. The van der Waals surface area contributed by atoms with Crippen LogP contribution < -0.4 is 4.72 Å². The molecule has 2 rings (SSSR count). The van der Waals surface area contributed by atoms with E-state index < -0.39 is 16.1 Å². The zero-order valence-corrected chi connectivity index (χ0v) is 13.1. The Labute approximate surface area is 131 Å². The van der Waals surface area contributed by atoms with Gasteiger partial charge in [-0.25, -0.2) is 13.1 Å². The zero-order valence-electron chi connectivity index (χ0n) is 12.3. The molecule has 5 heteroatoms. The van der Waals surface area contributed by atoms with Crippen molar-refractivity contribution in [1.29, 1.82) is 0 Å². The fourth-order valence-electron chi connectivity index (χ4n) is 2.18. The number of hydrogen-bond donors (Lipinski definition) is 2. The number of para-hydroxylation sites is 1. The predicted octanol–water partition coefficient (Wildman–Crippen LogP) is 3.23. The van der Waals surface area contributed by atoms with E-state index in [1.807, 2.05) is 6.92 Å². The molecule has 0 amide bonds. The van der Waals surface area contributed by atoms with Gasteiger partial charge in [0.15, 0.2) is 0 Å². The van der Waals surface area contributed by atoms with Crippen LogP contribution in [-0.2, 0) is 10.0 Å². The standard InChI is InChI=1S/C17H19NO3S/c1-3-13(2)17(15-11-7-8-12-16(15)19)18-22(20,21)14-9-5-4-6-10-14/h3-13,17-19H,1H2,2H3. The van der Waals surface area contributed by atoms with Crippen molar-refractivity contribution in [1.82, 2.24) is 4.72 Å². The average molecular weight is 317 g/mol. The molecule has 2 N–H and O–H groups in total. The third-order valence-electron chi connectivity index (χ3n) is 3.51. The number of nitrogens with one attached hydrogen (secondary N) is 1. The summed E-state index contributed by atoms with van der Waals surface area (Å²) in [6.45, 7) is 5.57. The maximum absolute atomic E-state index is 12.5. The van der Waals surface area contributed by atoms with Crippen LogP contribution >= 0.6 is 0 Å². The molecule has 0 aromatic heterocycles. The molecule has 0 saturated carbocycles. The second-order valence-electron chi connectivity index (χ2n) is 5.07. The normalized spacial score (nSPS) is 14.2. The van der Waals surface area contributed by atoms with Crippen molar-refractivity contribution in [2.24, 2.45) is 5.92 Å². The first-order valence-electron chi connectivity index (χ1n) is 6.93. The monoisotopic (exact) mass is 317 g/mol. The van der Waals surface area contributed by atoms with E-state index in [-0.39, 0.29) is 16.6 Å². The minimum absolute atomic E-state index is 0.0527. The average Bonchev–Trinajstić information content (AvgIpc) is 2.53. The van der Waals surface area contributed by atoms with E-state index in [1.54, 1.807) is 42.5 Å². The molecule has 2 aromatic carbocycles. The summed E-state index contributed by atoms with van der Waals surface area (Å²) in [7, 11) is -3.69. The van der Waals surface area contributed by atoms with Gasteiger partial charge in [-0.2, -0.15) is 0 Å². The van der Waals surface area contributed by atoms with Gasteiger partial charge in [0.25, 0.3) is 0 Å². The zero-order chi connectivity index (χ0) is 16.2. The highest BCUT2D eigenvalue weighted by molar-refractivity contribution is 7.89. The number of phenolic OH excluding ortho intramolecular Hbond substituents is 1. The van der Waals surface area contributed by atoms with Crippen LogP contribution in [-0.4, -0.2) is 13.5 Å². The molecule has 116 valence electrons. The number of phenols is 1. The third kappa shape index (κ3) is 3.55. The van der Waals surface area contributed by atoms with Gasteiger partial charge in [-0.3, -0.25) is 0 Å². The topological polar surface area (TPSA) is 66.4 Å². The van der Waals surface area contributed by atoms with Crippen molar-refractivity contribution in [2.75, 3.05) is 0 Å². The molecule has 2 aromatic rings. The Balaban J connectivity index is 2.40. The van der Waals surface area contributed by atoms with E-state index in [9.17, 15) is 13.5 Å². The smallest absolute Gasteiger partial charge is 0.241 e. The molecule has 0 fully saturated rings. The number of rotatable bonds is 6. The minimum Gasteiger partial charge on any atom is -0.508 e. The second-order valence-corrected chi connectivity index (χ2v) is 6.78.